The molecule has 6 aromatic carbocycles. The molecule has 0 aliphatic rings. The Morgan fingerprint density at radius 3 is 1.97 bits per heavy atom. The molecule has 308 valence electrons. The number of nitrogens with zero attached hydrogens (tertiary/aromatic N) is 3. The molecule has 4 aromatic heterocycles. The lowest BCUT2D eigenvalue weighted by atomic mass is 9.79. The summed E-state index contributed by atoms with van der Waals surface area (Å²) in [7, 11) is 0. The van der Waals surface area contributed by atoms with Gasteiger partial charge in [0.25, 0.3) is 0 Å². The summed E-state index contributed by atoms with van der Waals surface area (Å²) in [6, 6.07) is 47.2. The summed E-state index contributed by atoms with van der Waals surface area (Å²) in [6.07, 6.45) is 1.89. The van der Waals surface area contributed by atoms with E-state index in [9.17, 15) is 5.11 Å². The molecule has 0 saturated heterocycles. The quantitative estimate of drug-likeness (QED) is 0.188. The first kappa shape index (κ1) is 39.6. The third kappa shape index (κ3) is 6.69. The maximum absolute atomic E-state index is 12.5. The molecule has 0 unspecified atom stereocenters. The highest BCUT2D eigenvalue weighted by molar-refractivity contribution is 7.25. The van der Waals surface area contributed by atoms with Gasteiger partial charge in [-0.3, -0.25) is 9.55 Å². The number of thiophene rings is 1. The molecule has 6 heteroatoms. The first-order valence-electron chi connectivity index (χ1n) is 21.5. The lowest BCUT2D eigenvalue weighted by molar-refractivity contribution is 0.446. The average Bonchev–Trinajstić information content (AvgIpc) is 3.92. The zero-order valence-electron chi connectivity index (χ0n) is 36.9. The predicted molar refractivity (Wildman–Crippen MR) is 261 cm³/mol. The minimum Gasteiger partial charge on any atom is -0.507 e. The summed E-state index contributed by atoms with van der Waals surface area (Å²) in [5.74, 6) is 0.946. The maximum atomic E-state index is 12.5. The minimum absolute atomic E-state index is 0.0726. The van der Waals surface area contributed by atoms with Crippen molar-refractivity contribution in [3.8, 4) is 56.3 Å². The van der Waals surface area contributed by atoms with Crippen LogP contribution in [0.5, 0.6) is 5.75 Å². The zero-order chi connectivity index (χ0) is 43.3. The van der Waals surface area contributed by atoms with Gasteiger partial charge in [0.15, 0.2) is 4.90 Å². The van der Waals surface area contributed by atoms with E-state index in [1.54, 1.807) is 11.3 Å². The standard InChI is InChI=1S/C56H51N3O2S/c1-54(2,3)37-21-22-44(39(30-37)34-18-14-11-15-19-34)59-45-23-25-47-49(50(45)58-52(59)41-31-38(55(4,5)6)32-42(51(41)60)56(7,8)9)48-40-28-36(20-24-46(40)61-53(48)62-47)43-29-35(26-27-57-43)33-16-12-10-13-17-33/h10-32,60H,1-9H3. The van der Waals surface area contributed by atoms with Crippen molar-refractivity contribution in [1.82, 2.24) is 14.5 Å². The highest BCUT2D eigenvalue weighted by Gasteiger charge is 2.30. The number of fused-ring (bicyclic) bond motifs is 7. The van der Waals surface area contributed by atoms with E-state index in [0.717, 1.165) is 92.7 Å². The molecular weight excluding hydrogens is 779 g/mol. The number of rotatable bonds is 5. The number of imidazole rings is 1. The van der Waals surface area contributed by atoms with Crippen molar-refractivity contribution in [2.24, 2.45) is 0 Å². The molecule has 0 radical (unpaired) electrons. The van der Waals surface area contributed by atoms with Crippen LogP contribution < -0.4 is 0 Å². The van der Waals surface area contributed by atoms with Gasteiger partial charge >= 0.3 is 0 Å². The van der Waals surface area contributed by atoms with E-state index >= 15 is 0 Å². The van der Waals surface area contributed by atoms with Gasteiger partial charge in [0.2, 0.25) is 0 Å². The number of aromatic nitrogens is 3. The van der Waals surface area contributed by atoms with Crippen molar-refractivity contribution >= 4 is 53.7 Å². The number of benzene rings is 6. The van der Waals surface area contributed by atoms with E-state index in [-0.39, 0.29) is 22.0 Å². The van der Waals surface area contributed by atoms with Crippen LogP contribution in [0.2, 0.25) is 0 Å². The van der Waals surface area contributed by atoms with Crippen LogP contribution in [0.25, 0.3) is 93.0 Å². The van der Waals surface area contributed by atoms with Gasteiger partial charge < -0.3 is 9.52 Å². The molecule has 0 fully saturated rings. The van der Waals surface area contributed by atoms with E-state index in [1.165, 1.54) is 5.56 Å². The van der Waals surface area contributed by atoms with Crippen LogP contribution in [-0.2, 0) is 16.2 Å². The van der Waals surface area contributed by atoms with Crippen molar-refractivity contribution in [3.63, 3.8) is 0 Å². The van der Waals surface area contributed by atoms with Crippen molar-refractivity contribution in [2.45, 2.75) is 78.6 Å². The van der Waals surface area contributed by atoms with Crippen LogP contribution in [0.15, 0.2) is 144 Å². The SMILES string of the molecule is CC(C)(C)c1ccc(-n2c(-c3cc(C(C)(C)C)cc(C(C)(C)C)c3O)nc3c4c(ccc32)sc2oc3ccc(-c5cc(-c6ccccc6)ccn5)cc3c24)c(-c2ccccc2)c1. The Bertz CT molecular complexity index is 3350. The van der Waals surface area contributed by atoms with Crippen molar-refractivity contribution in [3.05, 3.63) is 156 Å². The molecule has 0 spiro atoms. The molecule has 62 heavy (non-hydrogen) atoms. The number of phenols is 1. The van der Waals surface area contributed by atoms with Gasteiger partial charge in [-0.25, -0.2) is 4.98 Å². The fourth-order valence-corrected chi connectivity index (χ4v) is 9.86. The Morgan fingerprint density at radius 1 is 0.581 bits per heavy atom. The van der Waals surface area contributed by atoms with Crippen LogP contribution in [0.3, 0.4) is 0 Å². The lowest BCUT2D eigenvalue weighted by Gasteiger charge is -2.28. The minimum atomic E-state index is -0.323. The molecule has 1 N–H and O–H groups in total. The Balaban J connectivity index is 1.30. The van der Waals surface area contributed by atoms with Crippen LogP contribution in [0, 0.1) is 0 Å². The van der Waals surface area contributed by atoms with E-state index in [0.29, 0.717) is 11.4 Å². The van der Waals surface area contributed by atoms with E-state index < -0.39 is 0 Å². The molecule has 0 saturated carbocycles. The fourth-order valence-electron chi connectivity index (χ4n) is 8.77. The molecule has 10 aromatic rings. The Kier molecular flexibility index (Phi) is 9.13. The zero-order valence-corrected chi connectivity index (χ0v) is 37.7. The summed E-state index contributed by atoms with van der Waals surface area (Å²) < 4.78 is 10.0. The molecule has 4 heterocycles. The second-order valence-corrected chi connectivity index (χ2v) is 20.7. The van der Waals surface area contributed by atoms with Gasteiger partial charge in [-0.1, -0.05) is 146 Å². The largest absolute Gasteiger partial charge is 0.507 e. The van der Waals surface area contributed by atoms with E-state index in [2.05, 4.69) is 194 Å². The van der Waals surface area contributed by atoms with Gasteiger partial charge in [0, 0.05) is 43.7 Å². The Morgan fingerprint density at radius 2 is 1.27 bits per heavy atom. The van der Waals surface area contributed by atoms with Crippen molar-refractivity contribution in [2.75, 3.05) is 0 Å². The Labute approximate surface area is 367 Å². The fraction of sp³-hybridized carbons (Fsp3) is 0.214. The maximum Gasteiger partial charge on any atom is 0.190 e. The molecule has 10 rings (SSSR count). The molecule has 0 aliphatic heterocycles. The third-order valence-electron chi connectivity index (χ3n) is 12.3. The molecule has 0 amide bonds. The summed E-state index contributed by atoms with van der Waals surface area (Å²) >= 11 is 1.65. The van der Waals surface area contributed by atoms with Crippen LogP contribution >= 0.6 is 11.3 Å². The third-order valence-corrected chi connectivity index (χ3v) is 13.3. The van der Waals surface area contributed by atoms with Gasteiger partial charge in [-0.05, 0) is 105 Å². The number of phenolic OH excluding ortho intramolecular Hbond substituents is 1. The highest BCUT2D eigenvalue weighted by atomic mass is 32.1. The van der Waals surface area contributed by atoms with Crippen LogP contribution in [-0.4, -0.2) is 19.6 Å². The van der Waals surface area contributed by atoms with Gasteiger partial charge in [0.05, 0.1) is 28.0 Å². The monoisotopic (exact) mass is 829 g/mol. The molecule has 5 nitrogen and oxygen atoms in total. The van der Waals surface area contributed by atoms with Crippen molar-refractivity contribution in [1.29, 1.82) is 0 Å². The summed E-state index contributed by atoms with van der Waals surface area (Å²) in [5.41, 5.74) is 13.4. The summed E-state index contributed by atoms with van der Waals surface area (Å²) in [5, 5.41) is 15.6. The molecule has 0 bridgehead atoms. The topological polar surface area (TPSA) is 64.1 Å². The Hall–Kier alpha value is -6.50. The first-order chi connectivity index (χ1) is 29.5. The van der Waals surface area contributed by atoms with E-state index in [1.807, 2.05) is 12.3 Å². The average molecular weight is 830 g/mol. The van der Waals surface area contributed by atoms with Gasteiger partial charge in [-0.2, -0.15) is 0 Å². The summed E-state index contributed by atoms with van der Waals surface area (Å²) in [6.45, 7) is 20.0. The number of hydrogen-bond donors (Lipinski definition) is 1. The van der Waals surface area contributed by atoms with E-state index in [4.69, 9.17) is 14.4 Å². The highest BCUT2D eigenvalue weighted by Crippen LogP contribution is 2.49. The lowest BCUT2D eigenvalue weighted by Crippen LogP contribution is -2.17. The normalized spacial score (nSPS) is 12.7. The van der Waals surface area contributed by atoms with Crippen LogP contribution in [0.1, 0.15) is 79.0 Å². The number of hydrogen-bond acceptors (Lipinski definition) is 5. The molecule has 0 aliphatic carbocycles. The number of pyridine rings is 1. The second-order valence-electron chi connectivity index (χ2n) is 19.7. The number of aromatic hydroxyl groups is 1. The predicted octanol–water partition coefficient (Wildman–Crippen LogP) is 15.8. The number of furan rings is 1. The van der Waals surface area contributed by atoms with Gasteiger partial charge in [0.1, 0.15) is 17.2 Å². The van der Waals surface area contributed by atoms with Crippen molar-refractivity contribution < 1.29 is 9.52 Å². The van der Waals surface area contributed by atoms with Gasteiger partial charge in [-0.15, -0.1) is 0 Å². The van der Waals surface area contributed by atoms with Crippen LogP contribution in [0.4, 0.5) is 0 Å². The summed E-state index contributed by atoms with van der Waals surface area (Å²) in [4.78, 5) is 11.4. The smallest absolute Gasteiger partial charge is 0.190 e. The molecule has 0 atom stereocenters. The second kappa shape index (κ2) is 14.3. The first-order valence-corrected chi connectivity index (χ1v) is 22.3. The molecular formula is C56H51N3O2S.